The first-order valence-corrected chi connectivity index (χ1v) is 7.43. The van der Waals surface area contributed by atoms with Crippen molar-refractivity contribution >= 4 is 27.3 Å². The first-order chi connectivity index (χ1) is 7.63. The van der Waals surface area contributed by atoms with Crippen LogP contribution >= 0.6 is 27.3 Å². The second kappa shape index (κ2) is 5.63. The van der Waals surface area contributed by atoms with E-state index in [4.69, 9.17) is 5.73 Å². The maximum atomic E-state index is 5.79. The molecule has 0 atom stereocenters. The molecule has 2 N–H and O–H groups in total. The number of thiophene rings is 1. The van der Waals surface area contributed by atoms with Gasteiger partial charge in [-0.25, -0.2) is 0 Å². The zero-order valence-electron chi connectivity index (χ0n) is 9.66. The molecule has 2 nitrogen and oxygen atoms in total. The van der Waals surface area contributed by atoms with Gasteiger partial charge in [0.2, 0.25) is 0 Å². The van der Waals surface area contributed by atoms with Gasteiger partial charge in [-0.2, -0.15) is 0 Å². The summed E-state index contributed by atoms with van der Waals surface area (Å²) in [5, 5.41) is 0. The molecule has 0 unspecified atom stereocenters. The number of hydrogen-bond acceptors (Lipinski definition) is 3. The van der Waals surface area contributed by atoms with Gasteiger partial charge in [0.15, 0.2) is 0 Å². The number of likely N-dealkylation sites (N-methyl/N-ethyl adjacent to an activating group) is 1. The largest absolute Gasteiger partial charge is 0.328 e. The van der Waals surface area contributed by atoms with Crippen LogP contribution in [-0.2, 0) is 6.42 Å². The Morgan fingerprint density at radius 2 is 2.25 bits per heavy atom. The monoisotopic (exact) mass is 302 g/mol. The van der Waals surface area contributed by atoms with E-state index in [1.165, 1.54) is 28.0 Å². The van der Waals surface area contributed by atoms with Gasteiger partial charge in [-0.15, -0.1) is 11.3 Å². The minimum absolute atomic E-state index is 0.478. The third-order valence-corrected chi connectivity index (χ3v) is 4.89. The Balaban J connectivity index is 1.65. The molecule has 1 aliphatic carbocycles. The predicted molar refractivity (Wildman–Crippen MR) is 73.9 cm³/mol. The first-order valence-electron chi connectivity index (χ1n) is 5.82. The summed E-state index contributed by atoms with van der Waals surface area (Å²) >= 11 is 5.34. The van der Waals surface area contributed by atoms with Crippen LogP contribution in [0.4, 0.5) is 0 Å². The molecule has 1 heterocycles. The molecule has 2 rings (SSSR count). The summed E-state index contributed by atoms with van der Waals surface area (Å²) in [6, 6.07) is 4.82. The second-order valence-corrected chi connectivity index (χ2v) is 7.36. The van der Waals surface area contributed by atoms with E-state index in [0.29, 0.717) is 6.04 Å². The van der Waals surface area contributed by atoms with E-state index in [1.54, 1.807) is 0 Å². The average molecular weight is 303 g/mol. The van der Waals surface area contributed by atoms with E-state index < -0.39 is 0 Å². The number of nitrogens with zero attached hydrogens (tertiary/aromatic N) is 1. The first kappa shape index (κ1) is 12.6. The third-order valence-electron chi connectivity index (χ3n) is 3.21. The average Bonchev–Trinajstić information content (AvgIpc) is 2.59. The smallest absolute Gasteiger partial charge is 0.0701 e. The van der Waals surface area contributed by atoms with E-state index in [9.17, 15) is 0 Å². The molecule has 1 aromatic rings. The SMILES string of the molecule is CN(CCc1ccc(Br)s1)CC1CC(N)C1. The molecule has 0 bridgehead atoms. The van der Waals surface area contributed by atoms with Crippen LogP contribution in [0, 0.1) is 5.92 Å². The Morgan fingerprint density at radius 3 is 2.81 bits per heavy atom. The fraction of sp³-hybridized carbons (Fsp3) is 0.667. The van der Waals surface area contributed by atoms with Crippen molar-refractivity contribution in [2.24, 2.45) is 11.7 Å². The van der Waals surface area contributed by atoms with Crippen molar-refractivity contribution in [2.45, 2.75) is 25.3 Å². The van der Waals surface area contributed by atoms with E-state index in [2.05, 4.69) is 40.0 Å². The van der Waals surface area contributed by atoms with Crippen molar-refractivity contribution < 1.29 is 0 Å². The quantitative estimate of drug-likeness (QED) is 0.906. The summed E-state index contributed by atoms with van der Waals surface area (Å²) in [6.45, 7) is 2.36. The van der Waals surface area contributed by atoms with Gasteiger partial charge in [-0.05, 0) is 60.3 Å². The van der Waals surface area contributed by atoms with Gasteiger partial charge in [-0.3, -0.25) is 0 Å². The zero-order valence-corrected chi connectivity index (χ0v) is 12.1. The topological polar surface area (TPSA) is 29.3 Å². The van der Waals surface area contributed by atoms with E-state index >= 15 is 0 Å². The molecule has 0 spiro atoms. The van der Waals surface area contributed by atoms with Crippen molar-refractivity contribution in [1.82, 2.24) is 4.90 Å². The number of nitrogens with two attached hydrogens (primary N) is 1. The molecular weight excluding hydrogens is 284 g/mol. The molecule has 1 saturated carbocycles. The van der Waals surface area contributed by atoms with E-state index in [-0.39, 0.29) is 0 Å². The molecule has 16 heavy (non-hydrogen) atoms. The molecule has 1 aromatic heterocycles. The molecule has 1 aliphatic rings. The fourth-order valence-electron chi connectivity index (χ4n) is 2.26. The van der Waals surface area contributed by atoms with Gasteiger partial charge >= 0.3 is 0 Å². The Labute approximate surface area is 110 Å². The van der Waals surface area contributed by atoms with Gasteiger partial charge in [0, 0.05) is 24.0 Å². The summed E-state index contributed by atoms with van der Waals surface area (Å²) in [6.07, 6.45) is 3.59. The number of halogens is 1. The highest BCUT2D eigenvalue weighted by atomic mass is 79.9. The van der Waals surface area contributed by atoms with Crippen LogP contribution in [0.15, 0.2) is 15.9 Å². The van der Waals surface area contributed by atoms with Crippen LogP contribution in [0.1, 0.15) is 17.7 Å². The van der Waals surface area contributed by atoms with E-state index in [0.717, 1.165) is 18.9 Å². The summed E-state index contributed by atoms with van der Waals surface area (Å²) in [5.41, 5.74) is 5.79. The molecule has 90 valence electrons. The molecule has 0 saturated heterocycles. The minimum Gasteiger partial charge on any atom is -0.328 e. The lowest BCUT2D eigenvalue weighted by Gasteiger charge is -2.35. The third kappa shape index (κ3) is 3.55. The Bertz CT molecular complexity index is 334. The lowest BCUT2D eigenvalue weighted by molar-refractivity contribution is 0.184. The Hall–Kier alpha value is 0.1000. The molecule has 0 aliphatic heterocycles. The highest BCUT2D eigenvalue weighted by Crippen LogP contribution is 2.26. The van der Waals surface area contributed by atoms with Gasteiger partial charge in [-0.1, -0.05) is 0 Å². The molecule has 1 fully saturated rings. The van der Waals surface area contributed by atoms with Gasteiger partial charge < -0.3 is 10.6 Å². The summed E-state index contributed by atoms with van der Waals surface area (Å²) < 4.78 is 1.23. The van der Waals surface area contributed by atoms with Crippen LogP contribution in [0.25, 0.3) is 0 Å². The summed E-state index contributed by atoms with van der Waals surface area (Å²) in [5.74, 6) is 0.843. The lowest BCUT2D eigenvalue weighted by atomic mass is 9.80. The van der Waals surface area contributed by atoms with E-state index in [1.807, 2.05) is 11.3 Å². The molecule has 0 aromatic carbocycles. The molecular formula is C12H19BrN2S. The normalized spacial score (nSPS) is 24.8. The van der Waals surface area contributed by atoms with Crippen molar-refractivity contribution in [2.75, 3.05) is 20.1 Å². The standard InChI is InChI=1S/C12H19BrN2S/c1-15(8-9-6-10(14)7-9)5-4-11-2-3-12(13)16-11/h2-3,9-10H,4-8,14H2,1H3. The number of hydrogen-bond donors (Lipinski definition) is 1. The summed E-state index contributed by atoms with van der Waals surface area (Å²) in [4.78, 5) is 3.90. The Morgan fingerprint density at radius 1 is 1.50 bits per heavy atom. The Kier molecular flexibility index (Phi) is 4.41. The van der Waals surface area contributed by atoms with Crippen molar-refractivity contribution in [3.63, 3.8) is 0 Å². The highest BCUT2D eigenvalue weighted by Gasteiger charge is 2.26. The van der Waals surface area contributed by atoms with Crippen LogP contribution in [-0.4, -0.2) is 31.1 Å². The predicted octanol–water partition coefficient (Wildman–Crippen LogP) is 2.72. The number of rotatable bonds is 5. The van der Waals surface area contributed by atoms with Crippen molar-refractivity contribution in [1.29, 1.82) is 0 Å². The van der Waals surface area contributed by atoms with Crippen LogP contribution in [0.3, 0.4) is 0 Å². The highest BCUT2D eigenvalue weighted by molar-refractivity contribution is 9.11. The molecule has 0 amide bonds. The molecule has 4 heteroatoms. The fourth-order valence-corrected chi connectivity index (χ4v) is 3.73. The van der Waals surface area contributed by atoms with Gasteiger partial charge in [0.25, 0.3) is 0 Å². The second-order valence-electron chi connectivity index (χ2n) is 4.82. The minimum atomic E-state index is 0.478. The van der Waals surface area contributed by atoms with Gasteiger partial charge in [0.05, 0.1) is 3.79 Å². The molecule has 0 radical (unpaired) electrons. The maximum absolute atomic E-state index is 5.79. The van der Waals surface area contributed by atoms with Crippen LogP contribution in [0.2, 0.25) is 0 Å². The van der Waals surface area contributed by atoms with Crippen molar-refractivity contribution in [3.05, 3.63) is 20.8 Å². The van der Waals surface area contributed by atoms with Crippen LogP contribution < -0.4 is 5.73 Å². The maximum Gasteiger partial charge on any atom is 0.0701 e. The van der Waals surface area contributed by atoms with Crippen molar-refractivity contribution in [3.8, 4) is 0 Å². The van der Waals surface area contributed by atoms with Crippen LogP contribution in [0.5, 0.6) is 0 Å². The zero-order chi connectivity index (χ0) is 11.5. The summed E-state index contributed by atoms with van der Waals surface area (Å²) in [7, 11) is 2.21. The lowest BCUT2D eigenvalue weighted by Crippen LogP contribution is -2.42. The van der Waals surface area contributed by atoms with Gasteiger partial charge in [0.1, 0.15) is 0 Å².